The SMILES string of the molecule is Cc1nnc(-c2ccc3ccn(CC(=O)Nc4ncccc4C)c3c2)o1. The van der Waals surface area contributed by atoms with Crippen LogP contribution < -0.4 is 5.32 Å². The molecule has 0 radical (unpaired) electrons. The number of pyridine rings is 1. The van der Waals surface area contributed by atoms with E-state index in [1.165, 1.54) is 0 Å². The number of carbonyl (C=O) groups excluding carboxylic acids is 1. The molecule has 1 N–H and O–H groups in total. The van der Waals surface area contributed by atoms with Crippen molar-refractivity contribution in [3.8, 4) is 11.5 Å². The predicted octanol–water partition coefficient (Wildman–Crippen LogP) is 3.34. The molecule has 7 heteroatoms. The molecule has 1 amide bonds. The molecule has 7 nitrogen and oxygen atoms in total. The van der Waals surface area contributed by atoms with Gasteiger partial charge in [-0.15, -0.1) is 10.2 Å². The fourth-order valence-electron chi connectivity index (χ4n) is 2.81. The van der Waals surface area contributed by atoms with E-state index in [-0.39, 0.29) is 12.5 Å². The van der Waals surface area contributed by atoms with Crippen LogP contribution in [0.4, 0.5) is 5.82 Å². The minimum Gasteiger partial charge on any atom is -0.421 e. The molecule has 3 aromatic heterocycles. The van der Waals surface area contributed by atoms with Crippen LogP contribution in [0, 0.1) is 13.8 Å². The second kappa shape index (κ2) is 6.44. The van der Waals surface area contributed by atoms with Gasteiger partial charge in [0, 0.05) is 30.4 Å². The Hall–Kier alpha value is -3.48. The van der Waals surface area contributed by atoms with Crippen LogP contribution in [0.25, 0.3) is 22.4 Å². The van der Waals surface area contributed by atoms with Crippen molar-refractivity contribution in [2.45, 2.75) is 20.4 Å². The molecule has 4 aromatic rings. The zero-order chi connectivity index (χ0) is 18.1. The Labute approximate surface area is 149 Å². The highest BCUT2D eigenvalue weighted by molar-refractivity contribution is 5.92. The van der Waals surface area contributed by atoms with Crippen LogP contribution in [-0.2, 0) is 11.3 Å². The lowest BCUT2D eigenvalue weighted by atomic mass is 10.1. The number of hydrogen-bond donors (Lipinski definition) is 1. The first-order valence-electron chi connectivity index (χ1n) is 8.21. The summed E-state index contributed by atoms with van der Waals surface area (Å²) in [5.74, 6) is 1.42. The Kier molecular flexibility index (Phi) is 3.96. The fraction of sp³-hybridized carbons (Fsp3) is 0.158. The van der Waals surface area contributed by atoms with Gasteiger partial charge in [-0.1, -0.05) is 12.1 Å². The van der Waals surface area contributed by atoms with Crippen LogP contribution in [-0.4, -0.2) is 25.7 Å². The van der Waals surface area contributed by atoms with Crippen LogP contribution in [0.1, 0.15) is 11.5 Å². The summed E-state index contributed by atoms with van der Waals surface area (Å²) in [5.41, 5.74) is 2.66. The maximum atomic E-state index is 12.4. The van der Waals surface area contributed by atoms with Crippen LogP contribution in [0.5, 0.6) is 0 Å². The maximum absolute atomic E-state index is 12.4. The first-order chi connectivity index (χ1) is 12.6. The van der Waals surface area contributed by atoms with E-state index >= 15 is 0 Å². The first kappa shape index (κ1) is 16.0. The van der Waals surface area contributed by atoms with Crippen molar-refractivity contribution in [3.05, 3.63) is 60.2 Å². The number of carbonyl (C=O) groups is 1. The Bertz CT molecular complexity index is 1100. The molecule has 4 rings (SSSR count). The third-order valence-corrected chi connectivity index (χ3v) is 4.13. The molecular formula is C19H17N5O2. The average molecular weight is 347 g/mol. The van der Waals surface area contributed by atoms with Gasteiger partial charge in [-0.2, -0.15) is 0 Å². The quantitative estimate of drug-likeness (QED) is 0.612. The monoisotopic (exact) mass is 347 g/mol. The summed E-state index contributed by atoms with van der Waals surface area (Å²) in [5, 5.41) is 11.8. The summed E-state index contributed by atoms with van der Waals surface area (Å²) in [6, 6.07) is 11.6. The smallest absolute Gasteiger partial charge is 0.247 e. The average Bonchev–Trinajstić information content (AvgIpc) is 3.23. The standard InChI is InChI=1S/C19H17N5O2/c1-12-4-3-8-20-18(12)21-17(25)11-24-9-7-14-5-6-15(10-16(14)24)19-23-22-13(2)26-19/h3-10H,11H2,1-2H3,(H,20,21,25). The van der Waals surface area contributed by atoms with Crippen molar-refractivity contribution in [3.63, 3.8) is 0 Å². The Morgan fingerprint density at radius 2 is 2.08 bits per heavy atom. The highest BCUT2D eigenvalue weighted by atomic mass is 16.4. The minimum atomic E-state index is -0.136. The molecular weight excluding hydrogens is 330 g/mol. The molecule has 0 aliphatic carbocycles. The van der Waals surface area contributed by atoms with E-state index in [0.29, 0.717) is 17.6 Å². The summed E-state index contributed by atoms with van der Waals surface area (Å²) in [6.07, 6.45) is 3.55. The molecule has 0 spiro atoms. The van der Waals surface area contributed by atoms with Crippen molar-refractivity contribution < 1.29 is 9.21 Å². The third-order valence-electron chi connectivity index (χ3n) is 4.13. The third kappa shape index (κ3) is 3.06. The summed E-state index contributed by atoms with van der Waals surface area (Å²) >= 11 is 0. The number of fused-ring (bicyclic) bond motifs is 1. The lowest BCUT2D eigenvalue weighted by Crippen LogP contribution is -2.19. The molecule has 130 valence electrons. The lowest BCUT2D eigenvalue weighted by molar-refractivity contribution is -0.116. The second-order valence-corrected chi connectivity index (χ2v) is 6.06. The number of aromatic nitrogens is 4. The Balaban J connectivity index is 1.60. The summed E-state index contributed by atoms with van der Waals surface area (Å²) < 4.78 is 7.37. The first-order valence-corrected chi connectivity index (χ1v) is 8.21. The molecule has 0 saturated heterocycles. The van der Waals surface area contributed by atoms with Crippen LogP contribution >= 0.6 is 0 Å². The van der Waals surface area contributed by atoms with E-state index in [2.05, 4.69) is 20.5 Å². The van der Waals surface area contributed by atoms with Crippen molar-refractivity contribution >= 4 is 22.6 Å². The normalized spacial score (nSPS) is 11.0. The fourth-order valence-corrected chi connectivity index (χ4v) is 2.81. The van der Waals surface area contributed by atoms with E-state index in [9.17, 15) is 4.79 Å². The van der Waals surface area contributed by atoms with Gasteiger partial charge >= 0.3 is 0 Å². The molecule has 0 bridgehead atoms. The number of hydrogen-bond acceptors (Lipinski definition) is 5. The van der Waals surface area contributed by atoms with E-state index in [4.69, 9.17) is 4.42 Å². The van der Waals surface area contributed by atoms with Crippen LogP contribution in [0.3, 0.4) is 0 Å². The number of benzene rings is 1. The molecule has 1 aromatic carbocycles. The summed E-state index contributed by atoms with van der Waals surface area (Å²) in [7, 11) is 0. The molecule has 0 atom stereocenters. The number of amides is 1. The van der Waals surface area contributed by atoms with Gasteiger partial charge in [0.25, 0.3) is 0 Å². The van der Waals surface area contributed by atoms with E-state index in [1.807, 2.05) is 54.1 Å². The molecule has 0 fully saturated rings. The van der Waals surface area contributed by atoms with Gasteiger partial charge in [0.1, 0.15) is 12.4 Å². The summed E-state index contributed by atoms with van der Waals surface area (Å²) in [4.78, 5) is 16.6. The van der Waals surface area contributed by atoms with Crippen molar-refractivity contribution in [2.75, 3.05) is 5.32 Å². The number of rotatable bonds is 4. The van der Waals surface area contributed by atoms with Gasteiger partial charge in [-0.25, -0.2) is 4.98 Å². The number of nitrogens with zero attached hydrogens (tertiary/aromatic N) is 4. The predicted molar refractivity (Wildman–Crippen MR) is 97.6 cm³/mol. The zero-order valence-corrected chi connectivity index (χ0v) is 14.4. The topological polar surface area (TPSA) is 85.8 Å². The number of nitrogens with one attached hydrogen (secondary N) is 1. The zero-order valence-electron chi connectivity index (χ0n) is 14.4. The lowest BCUT2D eigenvalue weighted by Gasteiger charge is -2.09. The molecule has 3 heterocycles. The Morgan fingerprint density at radius 1 is 1.19 bits per heavy atom. The van der Waals surface area contributed by atoms with Crippen molar-refractivity contribution in [1.29, 1.82) is 0 Å². The highest BCUT2D eigenvalue weighted by Gasteiger charge is 2.11. The van der Waals surface area contributed by atoms with Gasteiger partial charge < -0.3 is 14.3 Å². The molecule has 26 heavy (non-hydrogen) atoms. The number of anilines is 1. The van der Waals surface area contributed by atoms with E-state index in [1.54, 1.807) is 13.1 Å². The van der Waals surface area contributed by atoms with Gasteiger partial charge in [-0.3, -0.25) is 4.79 Å². The summed E-state index contributed by atoms with van der Waals surface area (Å²) in [6.45, 7) is 3.85. The van der Waals surface area contributed by atoms with Gasteiger partial charge in [-0.05, 0) is 42.1 Å². The van der Waals surface area contributed by atoms with E-state index in [0.717, 1.165) is 22.0 Å². The van der Waals surface area contributed by atoms with Gasteiger partial charge in [0.15, 0.2) is 0 Å². The minimum absolute atomic E-state index is 0.136. The molecule has 0 aliphatic heterocycles. The van der Waals surface area contributed by atoms with Crippen LogP contribution in [0.15, 0.2) is 53.2 Å². The highest BCUT2D eigenvalue weighted by Crippen LogP contribution is 2.24. The maximum Gasteiger partial charge on any atom is 0.247 e. The second-order valence-electron chi connectivity index (χ2n) is 6.06. The number of aryl methyl sites for hydroxylation is 2. The molecule has 0 aliphatic rings. The Morgan fingerprint density at radius 3 is 2.85 bits per heavy atom. The largest absolute Gasteiger partial charge is 0.421 e. The van der Waals surface area contributed by atoms with Gasteiger partial charge in [0.2, 0.25) is 17.7 Å². The van der Waals surface area contributed by atoms with Crippen LogP contribution in [0.2, 0.25) is 0 Å². The van der Waals surface area contributed by atoms with Crippen molar-refractivity contribution in [2.24, 2.45) is 0 Å². The van der Waals surface area contributed by atoms with Gasteiger partial charge in [0.05, 0.1) is 0 Å². The molecule has 0 saturated carbocycles. The van der Waals surface area contributed by atoms with Crippen molar-refractivity contribution in [1.82, 2.24) is 19.7 Å². The molecule has 0 unspecified atom stereocenters. The van der Waals surface area contributed by atoms with E-state index < -0.39 is 0 Å².